The van der Waals surface area contributed by atoms with E-state index in [1.165, 1.54) is 38.1 Å². The van der Waals surface area contributed by atoms with Crippen molar-refractivity contribution in [2.75, 3.05) is 0 Å². The predicted molar refractivity (Wildman–Crippen MR) is 98.2 cm³/mol. The molecule has 0 spiro atoms. The number of nitrogens with zero attached hydrogens (tertiary/aromatic N) is 3. The van der Waals surface area contributed by atoms with Crippen LogP contribution < -0.4 is 0 Å². The summed E-state index contributed by atoms with van der Waals surface area (Å²) in [6.45, 7) is 0. The van der Waals surface area contributed by atoms with Gasteiger partial charge in [-0.2, -0.15) is 0 Å². The van der Waals surface area contributed by atoms with Gasteiger partial charge in [0.05, 0.1) is 22.9 Å². The zero-order valence-corrected chi connectivity index (χ0v) is 12.8. The summed E-state index contributed by atoms with van der Waals surface area (Å²) in [6, 6.07) is 21.9. The van der Waals surface area contributed by atoms with Crippen LogP contribution in [0.3, 0.4) is 0 Å². The monoisotopic (exact) mass is 307 g/mol. The molecule has 3 nitrogen and oxygen atoms in total. The molecule has 6 aromatic rings. The van der Waals surface area contributed by atoms with Gasteiger partial charge in [0.15, 0.2) is 0 Å². The van der Waals surface area contributed by atoms with Crippen molar-refractivity contribution in [1.82, 2.24) is 14.0 Å². The lowest BCUT2D eigenvalue weighted by Crippen LogP contribution is -1.89. The van der Waals surface area contributed by atoms with Crippen LogP contribution >= 0.6 is 0 Å². The zero-order chi connectivity index (χ0) is 15.7. The highest BCUT2D eigenvalue weighted by Crippen LogP contribution is 2.39. The van der Waals surface area contributed by atoms with E-state index in [2.05, 4.69) is 70.0 Å². The van der Waals surface area contributed by atoms with Crippen LogP contribution in [-0.2, 0) is 0 Å². The highest BCUT2D eigenvalue weighted by Gasteiger charge is 2.16. The molecule has 0 amide bonds. The first-order valence-electron chi connectivity index (χ1n) is 8.07. The highest BCUT2D eigenvalue weighted by atomic mass is 15.0. The second kappa shape index (κ2) is 4.15. The van der Waals surface area contributed by atoms with Crippen molar-refractivity contribution in [2.45, 2.75) is 0 Å². The Kier molecular flexibility index (Phi) is 2.10. The van der Waals surface area contributed by atoms with E-state index in [0.717, 1.165) is 5.69 Å². The van der Waals surface area contributed by atoms with Crippen LogP contribution in [0.1, 0.15) is 0 Å². The number of para-hydroxylation sites is 2. The fourth-order valence-corrected chi connectivity index (χ4v) is 3.99. The normalized spacial score (nSPS) is 12.2. The molecular weight excluding hydrogens is 294 g/mol. The fraction of sp³-hybridized carbons (Fsp3) is 0. The number of rotatable bonds is 1. The molecule has 6 rings (SSSR count). The second-order valence-corrected chi connectivity index (χ2v) is 6.23. The Balaban J connectivity index is 1.87. The number of hydrogen-bond acceptors (Lipinski definition) is 1. The van der Waals surface area contributed by atoms with E-state index in [0.29, 0.717) is 0 Å². The third kappa shape index (κ3) is 1.35. The predicted octanol–water partition coefficient (Wildman–Crippen LogP) is 5.02. The van der Waals surface area contributed by atoms with Crippen molar-refractivity contribution in [1.29, 1.82) is 0 Å². The van der Waals surface area contributed by atoms with Crippen molar-refractivity contribution >= 4 is 38.1 Å². The quantitative estimate of drug-likeness (QED) is 0.418. The number of aromatic nitrogens is 3. The van der Waals surface area contributed by atoms with Gasteiger partial charge >= 0.3 is 0 Å². The van der Waals surface area contributed by atoms with Gasteiger partial charge < -0.3 is 8.97 Å². The number of hydrogen-bond donors (Lipinski definition) is 0. The lowest BCUT2D eigenvalue weighted by atomic mass is 10.1. The Labute approximate surface area is 137 Å². The van der Waals surface area contributed by atoms with Crippen LogP contribution in [0.2, 0.25) is 0 Å². The Morgan fingerprint density at radius 2 is 1.50 bits per heavy atom. The average Bonchev–Trinajstić information content (AvgIpc) is 3.34. The third-order valence-corrected chi connectivity index (χ3v) is 5.01. The van der Waals surface area contributed by atoms with Gasteiger partial charge in [0, 0.05) is 39.6 Å². The Morgan fingerprint density at radius 1 is 0.708 bits per heavy atom. The summed E-state index contributed by atoms with van der Waals surface area (Å²) >= 11 is 0. The zero-order valence-electron chi connectivity index (χ0n) is 12.8. The Bertz CT molecular complexity index is 1340. The molecule has 0 aliphatic rings. The van der Waals surface area contributed by atoms with E-state index in [1.807, 2.05) is 23.3 Å². The standard InChI is InChI=1S/C21H13N3/c1-2-7-19-15(4-1)16-5-3-6-17-18-12-14(23-11-10-22-13-23)8-9-20(18)24(19)21(16)17/h1-13H. The van der Waals surface area contributed by atoms with Crippen LogP contribution in [0.5, 0.6) is 0 Å². The van der Waals surface area contributed by atoms with E-state index in [1.54, 1.807) is 0 Å². The maximum atomic E-state index is 4.16. The molecule has 24 heavy (non-hydrogen) atoms. The van der Waals surface area contributed by atoms with Crippen molar-refractivity contribution in [2.24, 2.45) is 0 Å². The molecule has 0 fully saturated rings. The van der Waals surface area contributed by atoms with E-state index >= 15 is 0 Å². The molecule has 0 saturated heterocycles. The maximum Gasteiger partial charge on any atom is 0.0991 e. The molecule has 0 radical (unpaired) electrons. The number of fused-ring (bicyclic) bond motifs is 6. The van der Waals surface area contributed by atoms with E-state index in [4.69, 9.17) is 0 Å². The molecule has 0 unspecified atom stereocenters. The SMILES string of the molecule is c1ccc2c(c1)c1cccc3c4cc(-n5ccnc5)ccc4n2c13. The molecule has 0 aliphatic carbocycles. The van der Waals surface area contributed by atoms with Gasteiger partial charge in [-0.15, -0.1) is 0 Å². The molecule has 3 heteroatoms. The van der Waals surface area contributed by atoms with Gasteiger partial charge in [0.1, 0.15) is 0 Å². The Morgan fingerprint density at radius 3 is 2.38 bits per heavy atom. The molecule has 0 bridgehead atoms. The lowest BCUT2D eigenvalue weighted by Gasteiger charge is -2.03. The maximum absolute atomic E-state index is 4.16. The first-order chi connectivity index (χ1) is 11.9. The summed E-state index contributed by atoms with van der Waals surface area (Å²) in [5.74, 6) is 0. The molecule has 0 N–H and O–H groups in total. The summed E-state index contributed by atoms with van der Waals surface area (Å²) in [5.41, 5.74) is 4.98. The fourth-order valence-electron chi connectivity index (χ4n) is 3.99. The number of imidazole rings is 1. The Hall–Kier alpha value is -3.33. The number of benzene rings is 3. The first kappa shape index (κ1) is 12.1. The second-order valence-electron chi connectivity index (χ2n) is 6.23. The van der Waals surface area contributed by atoms with Crippen molar-refractivity contribution in [3.05, 3.63) is 79.4 Å². The molecular formula is C21H13N3. The van der Waals surface area contributed by atoms with Gasteiger partial charge in [0.2, 0.25) is 0 Å². The molecule has 3 aromatic carbocycles. The van der Waals surface area contributed by atoms with Gasteiger partial charge in [-0.3, -0.25) is 0 Å². The highest BCUT2D eigenvalue weighted by molar-refractivity contribution is 6.23. The van der Waals surface area contributed by atoms with Crippen molar-refractivity contribution in [3.8, 4) is 5.69 Å². The summed E-state index contributed by atoms with van der Waals surface area (Å²) in [5, 5.41) is 5.23. The topological polar surface area (TPSA) is 22.2 Å². The average molecular weight is 307 g/mol. The molecule has 3 heterocycles. The summed E-state index contributed by atoms with van der Waals surface area (Å²) in [7, 11) is 0. The van der Waals surface area contributed by atoms with Crippen LogP contribution in [0.4, 0.5) is 0 Å². The van der Waals surface area contributed by atoms with E-state index < -0.39 is 0 Å². The minimum Gasteiger partial charge on any atom is -0.308 e. The summed E-state index contributed by atoms with van der Waals surface area (Å²) in [4.78, 5) is 4.16. The van der Waals surface area contributed by atoms with Crippen molar-refractivity contribution in [3.63, 3.8) is 0 Å². The van der Waals surface area contributed by atoms with Gasteiger partial charge in [-0.25, -0.2) is 4.98 Å². The molecule has 0 atom stereocenters. The summed E-state index contributed by atoms with van der Waals surface area (Å²) < 4.78 is 4.44. The van der Waals surface area contributed by atoms with Gasteiger partial charge in [0.25, 0.3) is 0 Å². The van der Waals surface area contributed by atoms with E-state index in [9.17, 15) is 0 Å². The third-order valence-electron chi connectivity index (χ3n) is 5.01. The van der Waals surface area contributed by atoms with Gasteiger partial charge in [-0.1, -0.05) is 36.4 Å². The first-order valence-corrected chi connectivity index (χ1v) is 8.07. The summed E-state index contributed by atoms with van der Waals surface area (Å²) in [6.07, 6.45) is 5.63. The molecule has 0 aliphatic heterocycles. The van der Waals surface area contributed by atoms with E-state index in [-0.39, 0.29) is 0 Å². The van der Waals surface area contributed by atoms with Crippen LogP contribution in [-0.4, -0.2) is 14.0 Å². The minimum atomic E-state index is 1.14. The van der Waals surface area contributed by atoms with Crippen LogP contribution in [0.15, 0.2) is 79.4 Å². The van der Waals surface area contributed by atoms with Crippen LogP contribution in [0.25, 0.3) is 43.8 Å². The molecule has 112 valence electrons. The smallest absolute Gasteiger partial charge is 0.0991 e. The van der Waals surface area contributed by atoms with Crippen molar-refractivity contribution < 1.29 is 0 Å². The van der Waals surface area contributed by atoms with Gasteiger partial charge in [-0.05, 0) is 24.3 Å². The largest absolute Gasteiger partial charge is 0.308 e. The molecule has 0 saturated carbocycles. The lowest BCUT2D eigenvalue weighted by molar-refractivity contribution is 1.06. The minimum absolute atomic E-state index is 1.14. The molecule has 3 aromatic heterocycles. The van der Waals surface area contributed by atoms with Crippen LogP contribution in [0, 0.1) is 0 Å².